The summed E-state index contributed by atoms with van der Waals surface area (Å²) in [5, 5.41) is 12.6. The minimum atomic E-state index is -0.331. The molecular formula is C8H18N2O2. The summed E-state index contributed by atoms with van der Waals surface area (Å²) in [6, 6.07) is 0.128. The third-order valence-corrected chi connectivity index (χ3v) is 2.09. The maximum absolute atomic E-state index is 9.33. The molecule has 1 heterocycles. The van der Waals surface area contributed by atoms with Crippen LogP contribution in [-0.4, -0.2) is 43.6 Å². The van der Waals surface area contributed by atoms with E-state index in [1.54, 1.807) is 0 Å². The topological polar surface area (TPSA) is 67.5 Å². The molecule has 0 aromatic rings. The van der Waals surface area contributed by atoms with Crippen LogP contribution < -0.4 is 11.1 Å². The van der Waals surface area contributed by atoms with Crippen molar-refractivity contribution in [3.8, 4) is 0 Å². The second-order valence-electron chi connectivity index (χ2n) is 3.16. The summed E-state index contributed by atoms with van der Waals surface area (Å²) in [5.41, 5.74) is 5.35. The lowest BCUT2D eigenvalue weighted by atomic mass is 10.2. The molecule has 0 amide bonds. The van der Waals surface area contributed by atoms with E-state index in [1.807, 2.05) is 0 Å². The Labute approximate surface area is 73.1 Å². The molecule has 0 spiro atoms. The van der Waals surface area contributed by atoms with Crippen molar-refractivity contribution < 1.29 is 9.84 Å². The van der Waals surface area contributed by atoms with E-state index in [2.05, 4.69) is 5.32 Å². The molecule has 1 fully saturated rings. The third-order valence-electron chi connectivity index (χ3n) is 2.09. The molecule has 0 bridgehead atoms. The van der Waals surface area contributed by atoms with Crippen LogP contribution in [0.15, 0.2) is 0 Å². The van der Waals surface area contributed by atoms with E-state index < -0.39 is 0 Å². The molecule has 4 N–H and O–H groups in total. The van der Waals surface area contributed by atoms with Crippen LogP contribution in [0.3, 0.4) is 0 Å². The first-order chi connectivity index (χ1) is 5.84. The number of aliphatic hydroxyl groups excluding tert-OH is 1. The summed E-state index contributed by atoms with van der Waals surface area (Å²) >= 11 is 0. The predicted octanol–water partition coefficient (Wildman–Crippen LogP) is -0.925. The molecule has 2 atom stereocenters. The zero-order valence-corrected chi connectivity index (χ0v) is 7.33. The van der Waals surface area contributed by atoms with Gasteiger partial charge in [-0.3, -0.25) is 0 Å². The Morgan fingerprint density at radius 3 is 2.83 bits per heavy atom. The molecule has 0 aromatic carbocycles. The van der Waals surface area contributed by atoms with Gasteiger partial charge in [-0.15, -0.1) is 0 Å². The number of nitrogens with two attached hydrogens (primary N) is 1. The maximum Gasteiger partial charge on any atom is 0.0948 e. The van der Waals surface area contributed by atoms with Crippen molar-refractivity contribution in [2.75, 3.05) is 26.3 Å². The largest absolute Gasteiger partial charge is 0.389 e. The van der Waals surface area contributed by atoms with Crippen LogP contribution >= 0.6 is 0 Å². The highest BCUT2D eigenvalue weighted by atomic mass is 16.5. The standard InChI is InChI=1S/C8H18N2O2/c9-3-1-2-4-10-7-5-12-6-8(7)11/h7-8,10-11H,1-6,9H2/t7-,8-/m0/s1. The van der Waals surface area contributed by atoms with Crippen LogP contribution in [0.2, 0.25) is 0 Å². The molecule has 0 radical (unpaired) electrons. The fraction of sp³-hybridized carbons (Fsp3) is 1.00. The van der Waals surface area contributed by atoms with Crippen molar-refractivity contribution >= 4 is 0 Å². The molecule has 0 aromatic heterocycles. The van der Waals surface area contributed by atoms with E-state index in [1.165, 1.54) is 0 Å². The SMILES string of the molecule is NCCCCN[C@H]1COC[C@@H]1O. The van der Waals surface area contributed by atoms with Gasteiger partial charge in [-0.25, -0.2) is 0 Å². The van der Waals surface area contributed by atoms with Gasteiger partial charge in [0, 0.05) is 0 Å². The molecule has 1 rings (SSSR count). The van der Waals surface area contributed by atoms with Gasteiger partial charge in [0.15, 0.2) is 0 Å². The number of aliphatic hydroxyl groups is 1. The Balaban J connectivity index is 1.98. The van der Waals surface area contributed by atoms with E-state index in [0.717, 1.165) is 25.9 Å². The predicted molar refractivity (Wildman–Crippen MR) is 46.9 cm³/mol. The van der Waals surface area contributed by atoms with E-state index in [0.29, 0.717) is 13.2 Å². The second-order valence-corrected chi connectivity index (χ2v) is 3.16. The Hall–Kier alpha value is -0.160. The highest BCUT2D eigenvalue weighted by molar-refractivity contribution is 4.80. The lowest BCUT2D eigenvalue weighted by Crippen LogP contribution is -2.39. The van der Waals surface area contributed by atoms with Crippen LogP contribution in [0, 0.1) is 0 Å². The summed E-state index contributed by atoms with van der Waals surface area (Å²) in [6.07, 6.45) is 1.78. The molecule has 0 aliphatic carbocycles. The lowest BCUT2D eigenvalue weighted by Gasteiger charge is -2.13. The molecule has 1 saturated heterocycles. The fourth-order valence-corrected chi connectivity index (χ4v) is 1.29. The van der Waals surface area contributed by atoms with Gasteiger partial charge in [0.2, 0.25) is 0 Å². The number of unbranched alkanes of at least 4 members (excludes halogenated alkanes) is 1. The normalized spacial score (nSPS) is 29.5. The average molecular weight is 174 g/mol. The second kappa shape index (κ2) is 5.48. The van der Waals surface area contributed by atoms with Crippen LogP contribution in [0.4, 0.5) is 0 Å². The van der Waals surface area contributed by atoms with E-state index >= 15 is 0 Å². The van der Waals surface area contributed by atoms with Crippen molar-refractivity contribution in [2.45, 2.75) is 25.0 Å². The van der Waals surface area contributed by atoms with Crippen molar-refractivity contribution in [3.05, 3.63) is 0 Å². The molecule has 1 aliphatic rings. The monoisotopic (exact) mass is 174 g/mol. The highest BCUT2D eigenvalue weighted by Crippen LogP contribution is 2.04. The van der Waals surface area contributed by atoms with Gasteiger partial charge in [0.05, 0.1) is 25.4 Å². The quantitative estimate of drug-likeness (QED) is 0.471. The number of ether oxygens (including phenoxy) is 1. The summed E-state index contributed by atoms with van der Waals surface area (Å²) in [6.45, 7) is 2.76. The minimum absolute atomic E-state index is 0.128. The fourth-order valence-electron chi connectivity index (χ4n) is 1.29. The van der Waals surface area contributed by atoms with Gasteiger partial charge in [0.1, 0.15) is 0 Å². The number of hydrogen-bond acceptors (Lipinski definition) is 4. The minimum Gasteiger partial charge on any atom is -0.389 e. The Bertz CT molecular complexity index is 122. The van der Waals surface area contributed by atoms with Crippen LogP contribution in [0.5, 0.6) is 0 Å². The summed E-state index contributed by atoms with van der Waals surface area (Å²) in [4.78, 5) is 0. The maximum atomic E-state index is 9.33. The van der Waals surface area contributed by atoms with E-state index in [4.69, 9.17) is 10.5 Å². The smallest absolute Gasteiger partial charge is 0.0948 e. The Morgan fingerprint density at radius 1 is 1.42 bits per heavy atom. The van der Waals surface area contributed by atoms with Gasteiger partial charge in [-0.2, -0.15) is 0 Å². The number of nitrogens with one attached hydrogen (secondary N) is 1. The van der Waals surface area contributed by atoms with Gasteiger partial charge in [-0.05, 0) is 25.9 Å². The van der Waals surface area contributed by atoms with Crippen molar-refractivity contribution in [2.24, 2.45) is 5.73 Å². The Morgan fingerprint density at radius 2 is 2.25 bits per heavy atom. The molecule has 12 heavy (non-hydrogen) atoms. The van der Waals surface area contributed by atoms with Crippen molar-refractivity contribution in [3.63, 3.8) is 0 Å². The molecule has 72 valence electrons. The third kappa shape index (κ3) is 3.06. The summed E-state index contributed by atoms with van der Waals surface area (Å²) in [7, 11) is 0. The molecule has 4 heteroatoms. The first kappa shape index (κ1) is 9.92. The van der Waals surface area contributed by atoms with Crippen LogP contribution in [-0.2, 0) is 4.74 Å². The van der Waals surface area contributed by atoms with Gasteiger partial charge in [-0.1, -0.05) is 0 Å². The lowest BCUT2D eigenvalue weighted by molar-refractivity contribution is 0.122. The highest BCUT2D eigenvalue weighted by Gasteiger charge is 2.24. The zero-order chi connectivity index (χ0) is 8.81. The van der Waals surface area contributed by atoms with E-state index in [-0.39, 0.29) is 12.1 Å². The Kier molecular flexibility index (Phi) is 4.53. The molecule has 0 saturated carbocycles. The first-order valence-corrected chi connectivity index (χ1v) is 4.54. The van der Waals surface area contributed by atoms with Gasteiger partial charge >= 0.3 is 0 Å². The average Bonchev–Trinajstić information content (AvgIpc) is 2.46. The van der Waals surface area contributed by atoms with Gasteiger partial charge in [0.25, 0.3) is 0 Å². The molecular weight excluding hydrogens is 156 g/mol. The zero-order valence-electron chi connectivity index (χ0n) is 7.33. The molecule has 1 aliphatic heterocycles. The number of hydrogen-bond donors (Lipinski definition) is 3. The van der Waals surface area contributed by atoms with E-state index in [9.17, 15) is 5.11 Å². The molecule has 0 unspecified atom stereocenters. The van der Waals surface area contributed by atoms with Gasteiger partial charge < -0.3 is 20.9 Å². The van der Waals surface area contributed by atoms with Crippen molar-refractivity contribution in [1.29, 1.82) is 0 Å². The van der Waals surface area contributed by atoms with Crippen molar-refractivity contribution in [1.82, 2.24) is 5.32 Å². The molecule has 4 nitrogen and oxygen atoms in total. The van der Waals surface area contributed by atoms with Crippen LogP contribution in [0.1, 0.15) is 12.8 Å². The first-order valence-electron chi connectivity index (χ1n) is 4.54. The van der Waals surface area contributed by atoms with Crippen LogP contribution in [0.25, 0.3) is 0 Å². The summed E-state index contributed by atoms with van der Waals surface area (Å²) in [5.74, 6) is 0. The number of rotatable bonds is 5. The summed E-state index contributed by atoms with van der Waals surface area (Å²) < 4.78 is 5.09.